The summed E-state index contributed by atoms with van der Waals surface area (Å²) >= 11 is 0. The highest BCUT2D eigenvalue weighted by atomic mass is 19.1. The van der Waals surface area contributed by atoms with E-state index in [9.17, 15) is 23.6 Å². The number of rotatable bonds is 12. The lowest BCUT2D eigenvalue weighted by Gasteiger charge is -2.15. The molecular formula is C36H43FN6O4. The molecule has 0 saturated heterocycles. The van der Waals surface area contributed by atoms with Gasteiger partial charge in [0.2, 0.25) is 5.91 Å². The first kappa shape index (κ1) is 34.7. The molecule has 1 aliphatic heterocycles. The van der Waals surface area contributed by atoms with Crippen LogP contribution in [0.4, 0.5) is 15.9 Å². The van der Waals surface area contributed by atoms with Gasteiger partial charge < -0.3 is 20.9 Å². The highest BCUT2D eigenvalue weighted by Gasteiger charge is 2.31. The highest BCUT2D eigenvalue weighted by molar-refractivity contribution is 5.75. The quantitative estimate of drug-likeness (QED) is 0.191. The second kappa shape index (κ2) is 15.9. The molecule has 0 spiro atoms. The Morgan fingerprint density at radius 2 is 1.74 bits per heavy atom. The summed E-state index contributed by atoms with van der Waals surface area (Å²) in [5.74, 6) is 0.467. The molecule has 2 aromatic carbocycles. The zero-order valence-corrected chi connectivity index (χ0v) is 27.4. The fourth-order valence-electron chi connectivity index (χ4n) is 5.08. The van der Waals surface area contributed by atoms with E-state index in [1.54, 1.807) is 41.0 Å². The largest absolute Gasteiger partial charge is 0.378 e. The first-order chi connectivity index (χ1) is 22.5. The average molecular weight is 643 g/mol. The van der Waals surface area contributed by atoms with Crippen molar-refractivity contribution < 1.29 is 14.0 Å². The van der Waals surface area contributed by atoms with Crippen LogP contribution in [0.1, 0.15) is 54.6 Å². The van der Waals surface area contributed by atoms with Crippen molar-refractivity contribution in [2.24, 2.45) is 5.92 Å². The van der Waals surface area contributed by atoms with Crippen molar-refractivity contribution in [3.8, 4) is 0 Å². The lowest BCUT2D eigenvalue weighted by molar-refractivity contribution is -0.119. The fraction of sp³-hybridized carbons (Fsp3) is 0.333. The van der Waals surface area contributed by atoms with Gasteiger partial charge in [-0.1, -0.05) is 60.7 Å². The summed E-state index contributed by atoms with van der Waals surface area (Å²) in [4.78, 5) is 49.5. The van der Waals surface area contributed by atoms with Crippen molar-refractivity contribution in [2.75, 3.05) is 24.7 Å². The maximum Gasteiger partial charge on any atom is 0.333 e. The van der Waals surface area contributed by atoms with E-state index in [1.165, 1.54) is 13.0 Å². The van der Waals surface area contributed by atoms with Crippen molar-refractivity contribution in [2.45, 2.75) is 58.9 Å². The van der Waals surface area contributed by atoms with E-state index < -0.39 is 17.1 Å². The van der Waals surface area contributed by atoms with E-state index in [0.29, 0.717) is 48.1 Å². The molecule has 248 valence electrons. The summed E-state index contributed by atoms with van der Waals surface area (Å²) in [5, 5.41) is 9.29. The average Bonchev–Trinajstić information content (AvgIpc) is 3.78. The van der Waals surface area contributed by atoms with Crippen LogP contribution in [0.15, 0.2) is 94.2 Å². The number of nitrogens with one attached hydrogen (secondary N) is 3. The Morgan fingerprint density at radius 3 is 2.34 bits per heavy atom. The van der Waals surface area contributed by atoms with Gasteiger partial charge in [-0.15, -0.1) is 0 Å². The molecule has 3 aromatic rings. The number of benzene rings is 2. The van der Waals surface area contributed by atoms with Crippen LogP contribution in [0.5, 0.6) is 0 Å². The highest BCUT2D eigenvalue weighted by Crippen LogP contribution is 2.33. The van der Waals surface area contributed by atoms with Gasteiger partial charge in [-0.05, 0) is 49.5 Å². The lowest BCUT2D eigenvalue weighted by Crippen LogP contribution is -2.41. The van der Waals surface area contributed by atoms with E-state index in [2.05, 4.69) is 22.5 Å². The first-order valence-corrected chi connectivity index (χ1v) is 15.6. The molecule has 3 N–H and O–H groups in total. The van der Waals surface area contributed by atoms with Gasteiger partial charge in [0.05, 0.1) is 6.54 Å². The van der Waals surface area contributed by atoms with E-state index in [4.69, 9.17) is 0 Å². The van der Waals surface area contributed by atoms with E-state index >= 15 is 0 Å². The number of carbonyl (C=O) groups excluding carboxylic acids is 2. The number of fused-ring (bicyclic) bond motifs is 1. The van der Waals surface area contributed by atoms with E-state index in [-0.39, 0.29) is 18.6 Å². The van der Waals surface area contributed by atoms with Crippen molar-refractivity contribution in [1.82, 2.24) is 19.4 Å². The first-order valence-electron chi connectivity index (χ1n) is 15.6. The third-order valence-corrected chi connectivity index (χ3v) is 7.93. The van der Waals surface area contributed by atoms with Gasteiger partial charge in [0, 0.05) is 57.4 Å². The Hall–Kier alpha value is -5.19. The molecule has 2 heterocycles. The molecule has 2 aliphatic rings. The Kier molecular flexibility index (Phi) is 11.7. The van der Waals surface area contributed by atoms with E-state index in [1.807, 2.05) is 50.2 Å². The van der Waals surface area contributed by atoms with Crippen LogP contribution in [-0.4, -0.2) is 46.5 Å². The Balaban J connectivity index is 0.000000323. The number of likely N-dealkylation sites (N-methyl/N-ethyl adjacent to an activating group) is 1. The van der Waals surface area contributed by atoms with Crippen molar-refractivity contribution in [3.05, 3.63) is 128 Å². The molecule has 0 radical (unpaired) electrons. The maximum absolute atomic E-state index is 14.3. The maximum atomic E-state index is 14.3. The standard InChI is InChI=1S/C26H32FN5O2.C10H11NO2/c1-5-20(30(3)4)13-10-17(2)14-22-28-23-24(29-22)31(15-18-11-12-18)26(34)32(25(23)33)16-19-8-6-7-9-21(19)27;1-8(13)11-6-9-2-4-10(7-12)5-3-9/h5-10,13,18,22,28-29H,1,11-12,14-16H2,2-4H3;2-5,7H,6H2,1H3,(H,11,13)/b17-10+,20-13+;. The number of halogens is 1. The van der Waals surface area contributed by atoms with Crippen molar-refractivity contribution >= 4 is 23.7 Å². The van der Waals surface area contributed by atoms with Gasteiger partial charge in [0.25, 0.3) is 5.56 Å². The molecular weight excluding hydrogens is 599 g/mol. The zero-order valence-electron chi connectivity index (χ0n) is 27.4. The summed E-state index contributed by atoms with van der Waals surface area (Å²) in [5.41, 5.74) is 3.55. The van der Waals surface area contributed by atoms with Gasteiger partial charge in [-0.2, -0.15) is 0 Å². The summed E-state index contributed by atoms with van der Waals surface area (Å²) in [7, 11) is 3.91. The fourth-order valence-corrected chi connectivity index (χ4v) is 5.08. The molecule has 1 aromatic heterocycles. The van der Waals surface area contributed by atoms with Crippen LogP contribution in [0.25, 0.3) is 0 Å². The number of carbonyl (C=O) groups is 2. The number of aldehydes is 1. The predicted molar refractivity (Wildman–Crippen MR) is 184 cm³/mol. The van der Waals surface area contributed by atoms with Crippen LogP contribution in [-0.2, 0) is 24.4 Å². The van der Waals surface area contributed by atoms with Crippen LogP contribution in [0.2, 0.25) is 0 Å². The van der Waals surface area contributed by atoms with Crippen LogP contribution < -0.4 is 27.2 Å². The summed E-state index contributed by atoms with van der Waals surface area (Å²) < 4.78 is 17.0. The second-order valence-corrected chi connectivity index (χ2v) is 12.1. The molecule has 11 heteroatoms. The van der Waals surface area contributed by atoms with Gasteiger partial charge in [0.1, 0.15) is 29.8 Å². The minimum absolute atomic E-state index is 0.0561. The van der Waals surface area contributed by atoms with E-state index in [0.717, 1.165) is 40.5 Å². The molecule has 1 atom stereocenters. The molecule has 0 bridgehead atoms. The number of allylic oxidation sites excluding steroid dienone is 3. The van der Waals surface area contributed by atoms with Crippen LogP contribution >= 0.6 is 0 Å². The zero-order chi connectivity index (χ0) is 34.1. The monoisotopic (exact) mass is 642 g/mol. The molecule has 47 heavy (non-hydrogen) atoms. The Labute approximate surface area is 274 Å². The summed E-state index contributed by atoms with van der Waals surface area (Å²) in [6.45, 7) is 8.28. The minimum atomic E-state index is -0.437. The minimum Gasteiger partial charge on any atom is -0.378 e. The topological polar surface area (TPSA) is 117 Å². The SMILES string of the molecule is C=C/C(=C\C=C(/C)CC1Nc2c(n(CC3CC3)c(=O)n(Cc3ccccc3F)c2=O)N1)N(C)C.CC(=O)NCc1ccc(C=O)cc1. The number of anilines is 2. The molecule has 10 nitrogen and oxygen atoms in total. The summed E-state index contributed by atoms with van der Waals surface area (Å²) in [6, 6.07) is 13.3. The normalized spacial score (nSPS) is 15.4. The molecule has 1 amide bonds. The third kappa shape index (κ3) is 9.41. The summed E-state index contributed by atoms with van der Waals surface area (Å²) in [6.07, 6.45) is 9.14. The predicted octanol–water partition coefficient (Wildman–Crippen LogP) is 4.87. The molecule has 1 unspecified atom stereocenters. The number of aromatic nitrogens is 2. The van der Waals surface area contributed by atoms with Gasteiger partial charge in [0.15, 0.2) is 0 Å². The van der Waals surface area contributed by atoms with Crippen molar-refractivity contribution in [3.63, 3.8) is 0 Å². The second-order valence-electron chi connectivity index (χ2n) is 12.1. The Morgan fingerprint density at radius 1 is 1.04 bits per heavy atom. The van der Waals surface area contributed by atoms with Crippen LogP contribution in [0, 0.1) is 11.7 Å². The Bertz CT molecular complexity index is 1780. The number of hydrogen-bond acceptors (Lipinski definition) is 7. The van der Waals surface area contributed by atoms with Gasteiger partial charge in [-0.3, -0.25) is 23.5 Å². The number of hydrogen-bond donors (Lipinski definition) is 3. The van der Waals surface area contributed by atoms with Gasteiger partial charge >= 0.3 is 5.69 Å². The van der Waals surface area contributed by atoms with Crippen molar-refractivity contribution in [1.29, 1.82) is 0 Å². The molecule has 1 fully saturated rings. The molecule has 1 aliphatic carbocycles. The third-order valence-electron chi connectivity index (χ3n) is 7.93. The number of nitrogens with zero attached hydrogens (tertiary/aromatic N) is 3. The van der Waals surface area contributed by atoms with Gasteiger partial charge in [-0.25, -0.2) is 9.18 Å². The lowest BCUT2D eigenvalue weighted by atomic mass is 10.1. The smallest absolute Gasteiger partial charge is 0.333 e. The molecule has 5 rings (SSSR count). The molecule has 1 saturated carbocycles. The number of amides is 1. The van der Waals surface area contributed by atoms with Crippen LogP contribution in [0.3, 0.4) is 0 Å².